The average Bonchev–Trinajstić information content (AvgIpc) is 3.02. The third-order valence-corrected chi connectivity index (χ3v) is 3.77. The van der Waals surface area contributed by atoms with E-state index in [0.29, 0.717) is 31.2 Å². The topological polar surface area (TPSA) is 124 Å². The van der Waals surface area contributed by atoms with Crippen LogP contribution in [0.1, 0.15) is 16.9 Å². The van der Waals surface area contributed by atoms with Crippen molar-refractivity contribution in [3.63, 3.8) is 0 Å². The maximum absolute atomic E-state index is 12.4. The van der Waals surface area contributed by atoms with Crippen LogP contribution in [-0.2, 0) is 0 Å². The van der Waals surface area contributed by atoms with Gasteiger partial charge in [0.15, 0.2) is 5.82 Å². The highest BCUT2D eigenvalue weighted by molar-refractivity contribution is 5.92. The molecule has 0 saturated carbocycles. The van der Waals surface area contributed by atoms with Gasteiger partial charge in [-0.25, -0.2) is 4.79 Å². The van der Waals surface area contributed by atoms with Gasteiger partial charge in [0.1, 0.15) is 11.8 Å². The van der Waals surface area contributed by atoms with Crippen LogP contribution in [0.2, 0.25) is 0 Å². The predicted octanol–water partition coefficient (Wildman–Crippen LogP) is -0.787. The van der Waals surface area contributed by atoms with Crippen LogP contribution >= 0.6 is 0 Å². The Balaban J connectivity index is 1.67. The van der Waals surface area contributed by atoms with Crippen molar-refractivity contribution in [2.75, 3.05) is 32.1 Å². The summed E-state index contributed by atoms with van der Waals surface area (Å²) in [4.78, 5) is 51.2. The van der Waals surface area contributed by atoms with Crippen LogP contribution < -0.4 is 20.9 Å². The highest BCUT2D eigenvalue weighted by Crippen LogP contribution is 2.19. The summed E-state index contributed by atoms with van der Waals surface area (Å²) in [5, 5.41) is 0. The zero-order chi connectivity index (χ0) is 18.0. The number of carbonyl (C=O) groups excluding carboxylic acids is 1. The van der Waals surface area contributed by atoms with Gasteiger partial charge in [0.25, 0.3) is 11.5 Å². The Morgan fingerprint density at radius 2 is 2.12 bits per heavy atom. The van der Waals surface area contributed by atoms with Crippen LogP contribution in [0, 0.1) is 0 Å². The van der Waals surface area contributed by atoms with Crippen LogP contribution in [-0.4, -0.2) is 64.0 Å². The van der Waals surface area contributed by atoms with Crippen molar-refractivity contribution in [3.8, 4) is 5.88 Å². The maximum atomic E-state index is 12.4. The molecule has 25 heavy (non-hydrogen) atoms. The second-order valence-electron chi connectivity index (χ2n) is 5.89. The van der Waals surface area contributed by atoms with Gasteiger partial charge in [-0.15, -0.1) is 0 Å². The normalized spacial score (nSPS) is 16.7. The Bertz CT molecular complexity index is 862. The lowest BCUT2D eigenvalue weighted by atomic mass is 10.3. The molecule has 1 unspecified atom stereocenters. The highest BCUT2D eigenvalue weighted by atomic mass is 16.5. The second-order valence-corrected chi connectivity index (χ2v) is 5.89. The quantitative estimate of drug-likeness (QED) is 0.743. The predicted molar refractivity (Wildman–Crippen MR) is 89.0 cm³/mol. The largest absolute Gasteiger partial charge is 0.471 e. The fourth-order valence-electron chi connectivity index (χ4n) is 2.54. The number of ether oxygens (including phenoxy) is 1. The van der Waals surface area contributed by atoms with Crippen molar-refractivity contribution >= 4 is 11.7 Å². The lowest BCUT2D eigenvalue weighted by Gasteiger charge is -2.17. The van der Waals surface area contributed by atoms with Crippen molar-refractivity contribution in [3.05, 3.63) is 45.0 Å². The summed E-state index contributed by atoms with van der Waals surface area (Å²) < 4.78 is 5.80. The minimum absolute atomic E-state index is 0.0382. The van der Waals surface area contributed by atoms with Crippen molar-refractivity contribution in [1.82, 2.24) is 24.8 Å². The second kappa shape index (κ2) is 6.75. The molecule has 1 fully saturated rings. The lowest BCUT2D eigenvalue weighted by Crippen LogP contribution is -2.34. The Hall–Kier alpha value is -3.17. The zero-order valence-electron chi connectivity index (χ0n) is 13.9. The zero-order valence-corrected chi connectivity index (χ0v) is 13.9. The van der Waals surface area contributed by atoms with E-state index in [1.54, 1.807) is 6.20 Å². The third kappa shape index (κ3) is 3.84. The van der Waals surface area contributed by atoms with Crippen LogP contribution in [0.5, 0.6) is 5.88 Å². The molecule has 0 radical (unpaired) electrons. The Labute approximate surface area is 142 Å². The van der Waals surface area contributed by atoms with E-state index in [9.17, 15) is 14.4 Å². The number of aromatic nitrogens is 4. The number of nitrogens with zero attached hydrogens (tertiary/aromatic N) is 4. The number of rotatable bonds is 4. The molecule has 2 aromatic heterocycles. The molecule has 0 spiro atoms. The molecule has 1 aliphatic rings. The number of hydrogen-bond acceptors (Lipinski definition) is 7. The van der Waals surface area contributed by atoms with Crippen molar-refractivity contribution in [2.45, 2.75) is 12.5 Å². The van der Waals surface area contributed by atoms with Gasteiger partial charge in [-0.2, -0.15) is 4.98 Å². The number of H-pyrrole nitrogens is 2. The molecule has 0 bridgehead atoms. The van der Waals surface area contributed by atoms with Crippen molar-refractivity contribution in [1.29, 1.82) is 0 Å². The molecule has 10 heteroatoms. The van der Waals surface area contributed by atoms with E-state index in [1.807, 2.05) is 24.0 Å². The lowest BCUT2D eigenvalue weighted by molar-refractivity contribution is 0.0764. The number of likely N-dealkylation sites (tertiary alicyclic amines) is 1. The number of aromatic amines is 2. The fraction of sp³-hybridized carbons (Fsp3) is 0.400. The molecule has 1 saturated heterocycles. The van der Waals surface area contributed by atoms with Gasteiger partial charge in [0.2, 0.25) is 5.88 Å². The van der Waals surface area contributed by atoms with E-state index in [4.69, 9.17) is 4.74 Å². The average molecular weight is 346 g/mol. The summed E-state index contributed by atoms with van der Waals surface area (Å²) in [6, 6.07) is 1.07. The summed E-state index contributed by atoms with van der Waals surface area (Å²) in [6.45, 7) is 0.792. The molecule has 10 nitrogen and oxygen atoms in total. The first-order chi connectivity index (χ1) is 11.9. The van der Waals surface area contributed by atoms with E-state index >= 15 is 0 Å². The Morgan fingerprint density at radius 1 is 1.32 bits per heavy atom. The maximum Gasteiger partial charge on any atom is 0.326 e. The molecule has 2 N–H and O–H groups in total. The van der Waals surface area contributed by atoms with E-state index in [0.717, 1.165) is 6.07 Å². The third-order valence-electron chi connectivity index (χ3n) is 3.77. The minimum atomic E-state index is -0.710. The SMILES string of the molecule is CN(C)c1cncc(OC2CCN(C(=O)c3cc(=O)[nH]c(=O)[nH]3)C2)n1. The number of nitrogens with one attached hydrogen (secondary N) is 2. The first kappa shape index (κ1) is 16.7. The molecular weight excluding hydrogens is 328 g/mol. The Morgan fingerprint density at radius 3 is 2.84 bits per heavy atom. The number of anilines is 1. The summed E-state index contributed by atoms with van der Waals surface area (Å²) in [7, 11) is 3.71. The van der Waals surface area contributed by atoms with Gasteiger partial charge in [-0.3, -0.25) is 19.6 Å². The molecule has 1 aliphatic heterocycles. The molecule has 1 amide bonds. The van der Waals surface area contributed by atoms with Gasteiger partial charge in [-0.05, 0) is 0 Å². The van der Waals surface area contributed by atoms with E-state index in [2.05, 4.69) is 15.0 Å². The van der Waals surface area contributed by atoms with E-state index < -0.39 is 17.2 Å². The van der Waals surface area contributed by atoms with Crippen molar-refractivity contribution < 1.29 is 9.53 Å². The molecule has 2 aromatic rings. The first-order valence-corrected chi connectivity index (χ1v) is 7.71. The van der Waals surface area contributed by atoms with Gasteiger partial charge in [0, 0.05) is 33.1 Å². The Kier molecular flexibility index (Phi) is 4.50. The van der Waals surface area contributed by atoms with E-state index in [-0.39, 0.29) is 11.8 Å². The molecule has 0 aliphatic carbocycles. The smallest absolute Gasteiger partial charge is 0.326 e. The van der Waals surface area contributed by atoms with E-state index in [1.165, 1.54) is 11.1 Å². The fourth-order valence-corrected chi connectivity index (χ4v) is 2.54. The van der Waals surface area contributed by atoms with Gasteiger partial charge in [-0.1, -0.05) is 0 Å². The summed E-state index contributed by atoms with van der Waals surface area (Å²) in [5.41, 5.74) is -1.36. The summed E-state index contributed by atoms with van der Waals surface area (Å²) in [5.74, 6) is 0.641. The van der Waals surface area contributed by atoms with Crippen LogP contribution in [0.3, 0.4) is 0 Å². The minimum Gasteiger partial charge on any atom is -0.471 e. The molecule has 132 valence electrons. The highest BCUT2D eigenvalue weighted by Gasteiger charge is 2.29. The first-order valence-electron chi connectivity index (χ1n) is 7.71. The molecule has 1 atom stereocenters. The van der Waals surface area contributed by atoms with Crippen LogP contribution in [0.25, 0.3) is 0 Å². The monoisotopic (exact) mass is 346 g/mol. The van der Waals surface area contributed by atoms with Gasteiger partial charge in [0.05, 0.1) is 18.9 Å². The summed E-state index contributed by atoms with van der Waals surface area (Å²) >= 11 is 0. The van der Waals surface area contributed by atoms with Gasteiger partial charge >= 0.3 is 5.69 Å². The number of amides is 1. The van der Waals surface area contributed by atoms with Crippen molar-refractivity contribution in [2.24, 2.45) is 0 Å². The van der Waals surface area contributed by atoms with Gasteiger partial charge < -0.3 is 19.5 Å². The molecule has 3 heterocycles. The molecule has 0 aromatic carbocycles. The molecular formula is C15H18N6O4. The van der Waals surface area contributed by atoms with Crippen LogP contribution in [0.4, 0.5) is 5.82 Å². The summed E-state index contributed by atoms with van der Waals surface area (Å²) in [6.07, 6.45) is 3.53. The number of carbonyl (C=O) groups is 1. The number of hydrogen-bond donors (Lipinski definition) is 2. The molecule has 3 rings (SSSR count). The standard InChI is InChI=1S/C15H18N6O4/c1-20(2)11-6-16-7-13(18-11)25-9-3-4-21(8-9)14(23)10-5-12(22)19-15(24)17-10/h5-7,9H,3-4,8H2,1-2H3,(H2,17,19,22,24). The van der Waals surface area contributed by atoms with Crippen LogP contribution in [0.15, 0.2) is 28.0 Å².